The summed E-state index contributed by atoms with van der Waals surface area (Å²) < 4.78 is 119. The number of imide groups is 1. The van der Waals surface area contributed by atoms with Crippen LogP contribution in [0.2, 0.25) is 0 Å². The highest BCUT2D eigenvalue weighted by atomic mass is 35.5. The Kier molecular flexibility index (Phi) is 4.97. The molecular formula is C15H4ClF9N2O2S. The van der Waals surface area contributed by atoms with Gasteiger partial charge in [-0.1, -0.05) is 23.7 Å². The van der Waals surface area contributed by atoms with E-state index in [4.69, 9.17) is 11.6 Å². The largest absolute Gasteiger partial charge is 0.420 e. The van der Waals surface area contributed by atoms with E-state index < -0.39 is 51.5 Å². The molecule has 1 heterocycles. The number of halogens is 10. The molecule has 4 nitrogen and oxygen atoms in total. The monoisotopic (exact) mass is 482 g/mol. The lowest BCUT2D eigenvalue weighted by Crippen LogP contribution is -2.50. The third-order valence-corrected chi connectivity index (χ3v) is 5.09. The van der Waals surface area contributed by atoms with Gasteiger partial charge in [-0.15, -0.1) is 0 Å². The molecule has 0 atom stereocenters. The van der Waals surface area contributed by atoms with Crippen LogP contribution < -0.4 is 0 Å². The van der Waals surface area contributed by atoms with E-state index in [9.17, 15) is 49.1 Å². The number of benzene rings is 1. The lowest BCUT2D eigenvalue weighted by atomic mass is 10.1. The van der Waals surface area contributed by atoms with Gasteiger partial charge in [0.1, 0.15) is 11.3 Å². The first-order valence-corrected chi connectivity index (χ1v) is 8.56. The third-order valence-electron chi connectivity index (χ3n) is 4.04. The SMILES string of the molecule is O=C1c2ccccc2C(=O)N1SC(Cl)=NC1=C(C(F)(F)F)C(F)(F)C(F)(F)C1(F)F. The van der Waals surface area contributed by atoms with Crippen molar-refractivity contribution in [2.45, 2.75) is 23.9 Å². The molecule has 0 bridgehead atoms. The zero-order chi connectivity index (χ0) is 22.9. The van der Waals surface area contributed by atoms with E-state index in [2.05, 4.69) is 4.99 Å². The van der Waals surface area contributed by atoms with Crippen molar-refractivity contribution in [1.29, 1.82) is 0 Å². The molecule has 15 heteroatoms. The van der Waals surface area contributed by atoms with Crippen LogP contribution in [0, 0.1) is 0 Å². The molecule has 0 saturated carbocycles. The standard InChI is InChI=1S/C15H4ClF9N2O2S/c16-11(30-27-9(28)5-3-1-2-4-6(5)10(27)29)26-8-7(14(21,22)23)12(17,18)15(24,25)13(8,19)20/h1-4H. The number of carbonyl (C=O) groups is 2. The highest BCUT2D eigenvalue weighted by Crippen LogP contribution is 2.63. The fraction of sp³-hybridized carbons (Fsp3) is 0.267. The molecule has 2 aliphatic rings. The maximum atomic E-state index is 13.8. The number of amides is 2. The Bertz CT molecular complexity index is 985. The molecule has 1 aromatic carbocycles. The number of hydrogen-bond acceptors (Lipinski definition) is 4. The lowest BCUT2D eigenvalue weighted by molar-refractivity contribution is -0.274. The van der Waals surface area contributed by atoms with Gasteiger partial charge in [-0.25, -0.2) is 9.30 Å². The minimum atomic E-state index is -6.46. The number of aliphatic imine (C=N–C) groups is 1. The lowest BCUT2D eigenvalue weighted by Gasteiger charge is -2.25. The van der Waals surface area contributed by atoms with Crippen molar-refractivity contribution in [3.8, 4) is 0 Å². The van der Waals surface area contributed by atoms with E-state index >= 15 is 0 Å². The summed E-state index contributed by atoms with van der Waals surface area (Å²) in [6.45, 7) is 0. The zero-order valence-electron chi connectivity index (χ0n) is 13.7. The van der Waals surface area contributed by atoms with Gasteiger partial charge in [0.15, 0.2) is 4.50 Å². The summed E-state index contributed by atoms with van der Waals surface area (Å²) in [4.78, 5) is 26.7. The minimum Gasteiger partial charge on any atom is -0.268 e. The van der Waals surface area contributed by atoms with Crippen LogP contribution >= 0.6 is 23.5 Å². The van der Waals surface area contributed by atoms with Gasteiger partial charge in [-0.05, 0) is 12.1 Å². The van der Waals surface area contributed by atoms with Crippen molar-refractivity contribution in [3.05, 3.63) is 46.7 Å². The van der Waals surface area contributed by atoms with Gasteiger partial charge in [0.05, 0.1) is 11.1 Å². The predicted octanol–water partition coefficient (Wildman–Crippen LogP) is 5.26. The molecule has 0 fully saturated rings. The summed E-state index contributed by atoms with van der Waals surface area (Å²) in [5, 5.41) is 0. The summed E-state index contributed by atoms with van der Waals surface area (Å²) in [6.07, 6.45) is -6.32. The highest BCUT2D eigenvalue weighted by molar-refractivity contribution is 8.15. The number of rotatable bonds is 2. The molecule has 2 amide bonds. The fourth-order valence-corrected chi connectivity index (χ4v) is 3.62. The number of nitrogens with zero attached hydrogens (tertiary/aromatic N) is 2. The molecular weight excluding hydrogens is 479 g/mol. The Morgan fingerprint density at radius 1 is 0.933 bits per heavy atom. The molecule has 1 aliphatic carbocycles. The van der Waals surface area contributed by atoms with E-state index in [0.717, 1.165) is 0 Å². The number of fused-ring (bicyclic) bond motifs is 1. The second kappa shape index (κ2) is 6.64. The summed E-state index contributed by atoms with van der Waals surface area (Å²) in [5.41, 5.74) is -6.93. The molecule has 1 aromatic rings. The normalized spacial score (nSPS) is 22.7. The van der Waals surface area contributed by atoms with E-state index in [0.29, 0.717) is 0 Å². The van der Waals surface area contributed by atoms with Gasteiger partial charge in [0, 0.05) is 11.9 Å². The van der Waals surface area contributed by atoms with Crippen LogP contribution in [0.15, 0.2) is 40.5 Å². The molecule has 0 unspecified atom stereocenters. The summed E-state index contributed by atoms with van der Waals surface area (Å²) in [6, 6.07) is 5.10. The first-order valence-electron chi connectivity index (χ1n) is 7.41. The number of allylic oxidation sites excluding steroid dienone is 2. The van der Waals surface area contributed by atoms with Crippen molar-refractivity contribution >= 4 is 39.9 Å². The van der Waals surface area contributed by atoms with Crippen LogP contribution in [0.25, 0.3) is 0 Å². The Balaban J connectivity index is 2.04. The average Bonchev–Trinajstić information content (AvgIpc) is 2.89. The first-order chi connectivity index (χ1) is 13.5. The van der Waals surface area contributed by atoms with Gasteiger partial charge in [0.25, 0.3) is 11.8 Å². The van der Waals surface area contributed by atoms with Crippen LogP contribution in [0.3, 0.4) is 0 Å². The van der Waals surface area contributed by atoms with Gasteiger partial charge in [-0.3, -0.25) is 9.59 Å². The number of alkyl halides is 9. The van der Waals surface area contributed by atoms with E-state index in [1.165, 1.54) is 24.3 Å². The highest BCUT2D eigenvalue weighted by Gasteiger charge is 2.84. The molecule has 30 heavy (non-hydrogen) atoms. The fourth-order valence-electron chi connectivity index (χ4n) is 2.68. The van der Waals surface area contributed by atoms with Crippen molar-refractivity contribution in [2.24, 2.45) is 4.99 Å². The van der Waals surface area contributed by atoms with E-state index in [1.807, 2.05) is 0 Å². The smallest absolute Gasteiger partial charge is 0.268 e. The van der Waals surface area contributed by atoms with Crippen LogP contribution in [-0.2, 0) is 0 Å². The van der Waals surface area contributed by atoms with Crippen LogP contribution in [-0.4, -0.2) is 44.6 Å². The van der Waals surface area contributed by atoms with Gasteiger partial charge < -0.3 is 0 Å². The van der Waals surface area contributed by atoms with Gasteiger partial charge in [0.2, 0.25) is 0 Å². The Labute approximate surface area is 169 Å². The Morgan fingerprint density at radius 3 is 1.83 bits per heavy atom. The zero-order valence-corrected chi connectivity index (χ0v) is 15.3. The van der Waals surface area contributed by atoms with Gasteiger partial charge >= 0.3 is 23.9 Å². The molecule has 0 N–H and O–H groups in total. The van der Waals surface area contributed by atoms with E-state index in [-0.39, 0.29) is 27.4 Å². The molecule has 1 aliphatic heterocycles. The molecule has 162 valence electrons. The van der Waals surface area contributed by atoms with Gasteiger partial charge in [-0.2, -0.15) is 39.5 Å². The topological polar surface area (TPSA) is 49.7 Å². The van der Waals surface area contributed by atoms with Crippen LogP contribution in [0.5, 0.6) is 0 Å². The van der Waals surface area contributed by atoms with Crippen LogP contribution in [0.4, 0.5) is 39.5 Å². The molecule has 3 rings (SSSR count). The quantitative estimate of drug-likeness (QED) is 0.190. The third kappa shape index (κ3) is 2.99. The molecule has 0 radical (unpaired) electrons. The summed E-state index contributed by atoms with van der Waals surface area (Å²) >= 11 is 5.09. The maximum Gasteiger partial charge on any atom is 0.420 e. The Hall–Kier alpha value is -2.22. The number of carbonyl (C=O) groups excluding carboxylic acids is 2. The van der Waals surface area contributed by atoms with Crippen molar-refractivity contribution < 1.29 is 49.1 Å². The average molecular weight is 483 g/mol. The molecule has 0 spiro atoms. The van der Waals surface area contributed by atoms with Crippen LogP contribution in [0.1, 0.15) is 20.7 Å². The van der Waals surface area contributed by atoms with Crippen molar-refractivity contribution in [1.82, 2.24) is 4.31 Å². The van der Waals surface area contributed by atoms with Crippen molar-refractivity contribution in [3.63, 3.8) is 0 Å². The Morgan fingerprint density at radius 2 is 1.40 bits per heavy atom. The molecule has 0 saturated heterocycles. The number of hydrogen-bond donors (Lipinski definition) is 0. The van der Waals surface area contributed by atoms with Crippen molar-refractivity contribution in [2.75, 3.05) is 0 Å². The van der Waals surface area contributed by atoms with E-state index in [1.54, 1.807) is 0 Å². The second-order valence-electron chi connectivity index (χ2n) is 5.85. The summed E-state index contributed by atoms with van der Waals surface area (Å²) in [5.74, 6) is -20.9. The minimum absolute atomic E-state index is 0.168. The summed E-state index contributed by atoms with van der Waals surface area (Å²) in [7, 11) is 0. The first kappa shape index (κ1) is 22.5. The second-order valence-corrected chi connectivity index (χ2v) is 7.37. The predicted molar refractivity (Wildman–Crippen MR) is 85.7 cm³/mol. The maximum absolute atomic E-state index is 13.8. The molecule has 0 aromatic heterocycles.